The zero-order chi connectivity index (χ0) is 14.0. The smallest absolute Gasteiger partial charge is 0.345 e. The Balaban J connectivity index is 2.11. The van der Waals surface area contributed by atoms with Gasteiger partial charge in [-0.05, 0) is 6.07 Å². The summed E-state index contributed by atoms with van der Waals surface area (Å²) in [7, 11) is -2.08. The van der Waals surface area contributed by atoms with Gasteiger partial charge in [-0.25, -0.2) is 22.9 Å². The molecule has 0 saturated carbocycles. The summed E-state index contributed by atoms with van der Waals surface area (Å²) < 4.78 is 27.5. The summed E-state index contributed by atoms with van der Waals surface area (Å²) in [6, 6.07) is 1.11. The van der Waals surface area contributed by atoms with E-state index in [2.05, 4.69) is 14.8 Å². The molecule has 2 heterocycles. The molecular formula is C9H10N4O4S2. The first-order valence-electron chi connectivity index (χ1n) is 5.04. The van der Waals surface area contributed by atoms with Gasteiger partial charge in [-0.2, -0.15) is 5.10 Å². The highest BCUT2D eigenvalue weighted by atomic mass is 32.2. The summed E-state index contributed by atoms with van der Waals surface area (Å²) in [5, 5.41) is 14.0. The van der Waals surface area contributed by atoms with Crippen LogP contribution in [0.4, 0.5) is 0 Å². The number of aryl methyl sites for hydroxylation is 1. The van der Waals surface area contributed by atoms with Crippen LogP contribution in [-0.4, -0.2) is 34.3 Å². The summed E-state index contributed by atoms with van der Waals surface area (Å²) in [5.74, 6) is -0.822. The minimum absolute atomic E-state index is 0.0312. The topological polar surface area (TPSA) is 114 Å². The molecule has 0 fully saturated rings. The molecule has 8 nitrogen and oxygen atoms in total. The van der Waals surface area contributed by atoms with Crippen molar-refractivity contribution in [2.75, 3.05) is 0 Å². The third kappa shape index (κ3) is 3.16. The van der Waals surface area contributed by atoms with E-state index in [-0.39, 0.29) is 16.3 Å². The predicted octanol–water partition coefficient (Wildman–Crippen LogP) is 0.0533. The van der Waals surface area contributed by atoms with Crippen molar-refractivity contribution >= 4 is 27.3 Å². The van der Waals surface area contributed by atoms with E-state index in [1.807, 2.05) is 0 Å². The van der Waals surface area contributed by atoms with E-state index in [1.165, 1.54) is 16.4 Å². The maximum absolute atomic E-state index is 11.9. The van der Waals surface area contributed by atoms with Crippen molar-refractivity contribution in [1.82, 2.24) is 19.5 Å². The molecule has 0 saturated heterocycles. The van der Waals surface area contributed by atoms with Crippen molar-refractivity contribution in [1.29, 1.82) is 0 Å². The number of hydrogen-bond acceptors (Lipinski definition) is 6. The molecule has 0 amide bonds. The molecular weight excluding hydrogens is 292 g/mol. The molecule has 0 aromatic carbocycles. The van der Waals surface area contributed by atoms with Gasteiger partial charge in [-0.3, -0.25) is 4.68 Å². The highest BCUT2D eigenvalue weighted by Gasteiger charge is 2.18. The number of aromatic carboxylic acids is 1. The Labute approximate surface area is 112 Å². The van der Waals surface area contributed by atoms with E-state index in [0.717, 1.165) is 17.4 Å². The highest BCUT2D eigenvalue weighted by molar-refractivity contribution is 7.89. The van der Waals surface area contributed by atoms with Crippen molar-refractivity contribution in [2.24, 2.45) is 7.05 Å². The van der Waals surface area contributed by atoms with Gasteiger partial charge in [0.2, 0.25) is 10.0 Å². The fraction of sp³-hybridized carbons (Fsp3) is 0.222. The number of rotatable bonds is 5. The average Bonchev–Trinajstić information content (AvgIpc) is 2.95. The van der Waals surface area contributed by atoms with E-state index >= 15 is 0 Å². The van der Waals surface area contributed by atoms with Crippen LogP contribution in [0.5, 0.6) is 0 Å². The maximum Gasteiger partial charge on any atom is 0.345 e. The zero-order valence-electron chi connectivity index (χ0n) is 9.77. The average molecular weight is 302 g/mol. The molecule has 0 aliphatic rings. The van der Waals surface area contributed by atoms with Crippen LogP contribution < -0.4 is 4.72 Å². The Morgan fingerprint density at radius 2 is 2.32 bits per heavy atom. The lowest BCUT2D eigenvalue weighted by Gasteiger charge is -2.01. The maximum atomic E-state index is 11.9. The summed E-state index contributed by atoms with van der Waals surface area (Å²) >= 11 is 0.856. The largest absolute Gasteiger partial charge is 0.477 e. The number of thiophene rings is 1. The van der Waals surface area contributed by atoms with Gasteiger partial charge in [0.25, 0.3) is 0 Å². The summed E-state index contributed by atoms with van der Waals surface area (Å²) in [4.78, 5) is 14.5. The van der Waals surface area contributed by atoms with E-state index in [1.54, 1.807) is 7.05 Å². The predicted molar refractivity (Wildman–Crippen MR) is 66.3 cm³/mol. The Kier molecular flexibility index (Phi) is 3.64. The first-order valence-corrected chi connectivity index (χ1v) is 7.41. The van der Waals surface area contributed by atoms with Crippen LogP contribution in [0.2, 0.25) is 0 Å². The number of carbonyl (C=O) groups is 1. The third-order valence-corrected chi connectivity index (χ3v) is 4.61. The van der Waals surface area contributed by atoms with Crippen LogP contribution in [0.3, 0.4) is 0 Å². The van der Waals surface area contributed by atoms with Gasteiger partial charge in [0.15, 0.2) is 5.82 Å². The normalized spacial score (nSPS) is 11.6. The standard InChI is InChI=1S/C9H10N4O4S2/c1-13-5-10-8(12-13)3-11-19(16,17)6-2-7(9(14)15)18-4-6/h2,4-5,11H,3H2,1H3,(H,14,15). The minimum Gasteiger partial charge on any atom is -0.477 e. The van der Waals surface area contributed by atoms with Gasteiger partial charge in [0, 0.05) is 12.4 Å². The van der Waals surface area contributed by atoms with Gasteiger partial charge in [-0.15, -0.1) is 11.3 Å². The van der Waals surface area contributed by atoms with Crippen LogP contribution in [-0.2, 0) is 23.6 Å². The second-order valence-corrected chi connectivity index (χ2v) is 6.29. The molecule has 10 heteroatoms. The van der Waals surface area contributed by atoms with Crippen molar-refractivity contribution < 1.29 is 18.3 Å². The van der Waals surface area contributed by atoms with Gasteiger partial charge in [0.05, 0.1) is 11.4 Å². The van der Waals surface area contributed by atoms with E-state index in [9.17, 15) is 13.2 Å². The molecule has 0 unspecified atom stereocenters. The minimum atomic E-state index is -3.75. The molecule has 2 rings (SSSR count). The number of carboxylic acids is 1. The lowest BCUT2D eigenvalue weighted by Crippen LogP contribution is -2.23. The molecule has 0 atom stereocenters. The molecule has 102 valence electrons. The molecule has 19 heavy (non-hydrogen) atoms. The molecule has 0 bridgehead atoms. The number of hydrogen-bond donors (Lipinski definition) is 2. The van der Waals surface area contributed by atoms with Gasteiger partial charge >= 0.3 is 5.97 Å². The fourth-order valence-electron chi connectivity index (χ4n) is 1.28. The van der Waals surface area contributed by atoms with E-state index < -0.39 is 16.0 Å². The lowest BCUT2D eigenvalue weighted by molar-refractivity contribution is 0.0702. The van der Waals surface area contributed by atoms with Crippen molar-refractivity contribution in [2.45, 2.75) is 11.4 Å². The van der Waals surface area contributed by atoms with Crippen LogP contribution in [0.1, 0.15) is 15.5 Å². The van der Waals surface area contributed by atoms with Crippen molar-refractivity contribution in [3.63, 3.8) is 0 Å². The zero-order valence-corrected chi connectivity index (χ0v) is 11.4. The summed E-state index contributed by atoms with van der Waals surface area (Å²) in [6.07, 6.45) is 1.46. The van der Waals surface area contributed by atoms with E-state index in [0.29, 0.717) is 5.82 Å². The van der Waals surface area contributed by atoms with Crippen LogP contribution >= 0.6 is 11.3 Å². The van der Waals surface area contributed by atoms with Crippen molar-refractivity contribution in [3.05, 3.63) is 28.5 Å². The van der Waals surface area contributed by atoms with Crippen LogP contribution in [0.15, 0.2) is 22.7 Å². The molecule has 2 aromatic rings. The molecule has 0 radical (unpaired) electrons. The fourth-order valence-corrected chi connectivity index (χ4v) is 3.37. The first kappa shape index (κ1) is 13.6. The Morgan fingerprint density at radius 3 is 2.84 bits per heavy atom. The van der Waals surface area contributed by atoms with Gasteiger partial charge in [0.1, 0.15) is 11.2 Å². The quantitative estimate of drug-likeness (QED) is 0.807. The van der Waals surface area contributed by atoms with Crippen molar-refractivity contribution in [3.8, 4) is 0 Å². The first-order chi connectivity index (χ1) is 8.88. The van der Waals surface area contributed by atoms with E-state index in [4.69, 9.17) is 5.11 Å². The molecule has 0 aliphatic heterocycles. The van der Waals surface area contributed by atoms with Gasteiger partial charge < -0.3 is 5.11 Å². The van der Waals surface area contributed by atoms with Crippen LogP contribution in [0.25, 0.3) is 0 Å². The van der Waals surface area contributed by atoms with Crippen LogP contribution in [0, 0.1) is 0 Å². The molecule has 2 aromatic heterocycles. The SMILES string of the molecule is Cn1cnc(CNS(=O)(=O)c2csc(C(=O)O)c2)n1. The lowest BCUT2D eigenvalue weighted by atomic mass is 10.5. The number of nitrogens with zero attached hydrogens (tertiary/aromatic N) is 3. The van der Waals surface area contributed by atoms with Gasteiger partial charge in [-0.1, -0.05) is 0 Å². The molecule has 0 aliphatic carbocycles. The number of sulfonamides is 1. The monoisotopic (exact) mass is 302 g/mol. The number of carboxylic acid groups (broad SMARTS) is 1. The molecule has 0 spiro atoms. The Bertz CT molecular complexity index is 703. The third-order valence-electron chi connectivity index (χ3n) is 2.16. The second kappa shape index (κ2) is 5.07. The Morgan fingerprint density at radius 1 is 1.58 bits per heavy atom. The second-order valence-electron chi connectivity index (χ2n) is 3.61. The summed E-state index contributed by atoms with van der Waals surface area (Å²) in [6.45, 7) is -0.0541. The highest BCUT2D eigenvalue weighted by Crippen LogP contribution is 2.19. The molecule has 2 N–H and O–H groups in total. The number of nitrogens with one attached hydrogen (secondary N) is 1. The number of aromatic nitrogens is 3. The Hall–Kier alpha value is -1.78. The summed E-state index contributed by atoms with van der Waals surface area (Å²) in [5.41, 5.74) is 0.